The molecular formula is C79H122N16O7S2. The van der Waals surface area contributed by atoms with Crippen molar-refractivity contribution in [1.82, 2.24) is 80.5 Å². The lowest BCUT2D eigenvalue weighted by Gasteiger charge is -1.99. The smallest absolute Gasteiger partial charge is 0.181 e. The maximum atomic E-state index is 5.11. The molecule has 12 rings (SSSR count). The topological polar surface area (TPSA) is 301 Å². The average molecular weight is 1470 g/mol. The molecule has 0 aliphatic heterocycles. The zero-order chi connectivity index (χ0) is 78.4. The number of nitrogens with zero attached hydrogens (tertiary/aromatic N) is 15. The molecule has 23 nitrogen and oxygen atoms in total. The first-order valence-electron chi connectivity index (χ1n) is 35.6. The predicted octanol–water partition coefficient (Wildman–Crippen LogP) is 23.1. The molecule has 0 saturated heterocycles. The van der Waals surface area contributed by atoms with E-state index < -0.39 is 0 Å². The summed E-state index contributed by atoms with van der Waals surface area (Å²) in [5, 5.41) is 34.6. The van der Waals surface area contributed by atoms with Crippen LogP contribution in [0.25, 0.3) is 0 Å². The third-order valence-corrected chi connectivity index (χ3v) is 16.5. The van der Waals surface area contributed by atoms with Gasteiger partial charge in [0.25, 0.3) is 0 Å². The van der Waals surface area contributed by atoms with Gasteiger partial charge in [-0.25, -0.2) is 34.5 Å². The largest absolute Gasteiger partial charge is 0.449 e. The molecule has 572 valence electrons. The van der Waals surface area contributed by atoms with Gasteiger partial charge in [0, 0.05) is 81.3 Å². The Kier molecular flexibility index (Phi) is 46.6. The maximum absolute atomic E-state index is 5.11. The molecule has 104 heavy (non-hydrogen) atoms. The first kappa shape index (κ1) is 93.0. The van der Waals surface area contributed by atoms with Crippen LogP contribution < -0.4 is 0 Å². The van der Waals surface area contributed by atoms with E-state index in [1.54, 1.807) is 54.9 Å². The lowest BCUT2D eigenvalue weighted by Crippen LogP contribution is -1.92. The molecule has 0 spiro atoms. The van der Waals surface area contributed by atoms with E-state index in [0.717, 1.165) is 62.8 Å². The maximum Gasteiger partial charge on any atom is 0.181 e. The third kappa shape index (κ3) is 38.5. The molecule has 0 amide bonds. The SMILES string of the molecule is CC(C)c1cccnn1.CC(C)c1ccno1.CC(C)c1ccsn1.CC(C)c1cncnc1.CC(C)c1cnco1.CC(C)c1cnon1.Cc1[nH]ncc1C(C)C.Cc1cnoc1C(C)C.Cc1ncoc1C(C)C.Cc1ncsc1C(C)C.Cc1nocc1C(C)C.Cc1ocnc1C(C)C. The summed E-state index contributed by atoms with van der Waals surface area (Å²) in [6.07, 6.45) is 21.7. The highest BCUT2D eigenvalue weighted by Crippen LogP contribution is 2.23. The predicted molar refractivity (Wildman–Crippen MR) is 418 cm³/mol. The number of aryl methyl sites for hydroxylation is 6. The summed E-state index contributed by atoms with van der Waals surface area (Å²) in [4.78, 5) is 25.2. The monoisotopic (exact) mass is 1470 g/mol. The second kappa shape index (κ2) is 52.1. The van der Waals surface area contributed by atoms with Gasteiger partial charge in [0.15, 0.2) is 19.2 Å². The van der Waals surface area contributed by atoms with Gasteiger partial charge in [0.1, 0.15) is 47.1 Å². The minimum absolute atomic E-state index is 0.418. The van der Waals surface area contributed by atoms with E-state index >= 15 is 0 Å². The summed E-state index contributed by atoms with van der Waals surface area (Å²) in [7, 11) is 0. The van der Waals surface area contributed by atoms with Crippen molar-refractivity contribution in [2.75, 3.05) is 0 Å². The number of hydrogen-bond donors (Lipinski definition) is 1. The lowest BCUT2D eigenvalue weighted by atomic mass is 10.1. The molecule has 0 bridgehead atoms. The number of aromatic nitrogens is 16. The summed E-state index contributed by atoms with van der Waals surface area (Å²) in [5.74, 6) is 10.9. The Morgan fingerprint density at radius 1 is 0.442 bits per heavy atom. The Morgan fingerprint density at radius 2 is 1.08 bits per heavy atom. The lowest BCUT2D eigenvalue weighted by molar-refractivity contribution is 0.302. The van der Waals surface area contributed by atoms with Gasteiger partial charge in [-0.05, 0) is 124 Å². The first-order chi connectivity index (χ1) is 49.1. The molecule has 12 aromatic rings. The normalized spacial score (nSPS) is 10.5. The second-order valence-electron chi connectivity index (χ2n) is 27.8. The molecule has 0 radical (unpaired) electrons. The summed E-state index contributed by atoms with van der Waals surface area (Å²) in [6, 6.07) is 7.83. The molecule has 0 unspecified atom stereocenters. The highest BCUT2D eigenvalue weighted by atomic mass is 32.1. The number of nitrogens with one attached hydrogen (secondary N) is 1. The molecule has 25 heteroatoms. The van der Waals surface area contributed by atoms with Crippen LogP contribution in [-0.2, 0) is 0 Å². The van der Waals surface area contributed by atoms with Gasteiger partial charge in [-0.1, -0.05) is 192 Å². The minimum Gasteiger partial charge on any atom is -0.449 e. The molecule has 0 fully saturated rings. The van der Waals surface area contributed by atoms with Crippen molar-refractivity contribution in [2.24, 2.45) is 0 Å². The zero-order valence-electron chi connectivity index (χ0n) is 67.8. The highest BCUT2D eigenvalue weighted by molar-refractivity contribution is 7.09. The van der Waals surface area contributed by atoms with Gasteiger partial charge in [-0.2, -0.15) is 19.7 Å². The van der Waals surface area contributed by atoms with E-state index in [-0.39, 0.29) is 0 Å². The molecule has 0 aliphatic carbocycles. The van der Waals surface area contributed by atoms with Crippen LogP contribution in [0.5, 0.6) is 0 Å². The van der Waals surface area contributed by atoms with Crippen LogP contribution in [-0.4, -0.2) is 80.5 Å². The zero-order valence-corrected chi connectivity index (χ0v) is 69.4. The first-order valence-corrected chi connectivity index (χ1v) is 37.3. The number of aromatic amines is 1. The van der Waals surface area contributed by atoms with Gasteiger partial charge in [0.05, 0.1) is 70.7 Å². The van der Waals surface area contributed by atoms with Crippen LogP contribution in [0.1, 0.15) is 339 Å². The molecule has 12 aromatic heterocycles. The minimum atomic E-state index is 0.418. The van der Waals surface area contributed by atoms with Crippen LogP contribution in [0, 0.1) is 41.5 Å². The van der Waals surface area contributed by atoms with Gasteiger partial charge in [-0.15, -0.1) is 11.3 Å². The molecule has 12 heterocycles. The van der Waals surface area contributed by atoms with Crippen molar-refractivity contribution in [3.63, 3.8) is 0 Å². The molecule has 0 atom stereocenters. The summed E-state index contributed by atoms with van der Waals surface area (Å²) in [6.45, 7) is 62.6. The van der Waals surface area contributed by atoms with Gasteiger partial charge in [0.2, 0.25) is 0 Å². The summed E-state index contributed by atoms with van der Waals surface area (Å²) >= 11 is 3.26. The Bertz CT molecular complexity index is 3340. The summed E-state index contributed by atoms with van der Waals surface area (Å²) < 4.78 is 38.2. The average Bonchev–Trinajstić information content (AvgIpc) is 1.73. The van der Waals surface area contributed by atoms with Crippen molar-refractivity contribution >= 4 is 22.9 Å². The fraction of sp³-hybridized carbons (Fsp3) is 0.532. The van der Waals surface area contributed by atoms with Gasteiger partial charge >= 0.3 is 0 Å². The van der Waals surface area contributed by atoms with E-state index in [4.69, 9.17) is 26.8 Å². The fourth-order valence-electron chi connectivity index (χ4n) is 8.46. The van der Waals surface area contributed by atoms with Crippen LogP contribution in [0.4, 0.5) is 0 Å². The van der Waals surface area contributed by atoms with Crippen LogP contribution in [0.2, 0.25) is 0 Å². The van der Waals surface area contributed by atoms with E-state index in [0.29, 0.717) is 71.0 Å². The third-order valence-electron chi connectivity index (χ3n) is 14.7. The Morgan fingerprint density at radius 3 is 1.33 bits per heavy atom. The Labute approximate surface area is 628 Å². The quantitative estimate of drug-likeness (QED) is 0.119. The van der Waals surface area contributed by atoms with Crippen LogP contribution >= 0.6 is 22.9 Å². The van der Waals surface area contributed by atoms with Gasteiger partial charge < -0.3 is 26.8 Å². The highest BCUT2D eigenvalue weighted by Gasteiger charge is 2.11. The van der Waals surface area contributed by atoms with E-state index in [9.17, 15) is 0 Å². The van der Waals surface area contributed by atoms with Crippen molar-refractivity contribution in [2.45, 2.75) is 279 Å². The Hall–Kier alpha value is -8.97. The molecular weight excluding hydrogens is 1350 g/mol. The fourth-order valence-corrected chi connectivity index (χ4v) is 9.94. The number of rotatable bonds is 12. The Balaban J connectivity index is 0.000000567. The molecule has 0 aliphatic rings. The molecule has 0 aromatic carbocycles. The second-order valence-corrected chi connectivity index (χ2v) is 29.4. The van der Waals surface area contributed by atoms with E-state index in [1.807, 2.05) is 96.1 Å². The number of oxazole rings is 3. The van der Waals surface area contributed by atoms with E-state index in [1.165, 1.54) is 69.4 Å². The number of hydrogen-bond acceptors (Lipinski definition) is 24. The van der Waals surface area contributed by atoms with Crippen molar-refractivity contribution in [3.8, 4) is 0 Å². The number of H-pyrrole nitrogens is 1. The van der Waals surface area contributed by atoms with Crippen LogP contribution in [0.3, 0.4) is 0 Å². The number of thiazole rings is 1. The van der Waals surface area contributed by atoms with E-state index in [2.05, 4.69) is 250 Å². The van der Waals surface area contributed by atoms with Crippen molar-refractivity contribution in [1.29, 1.82) is 0 Å². The standard InChI is InChI=1S/C7H10N2.C7H12N2.C7H10N2.4C7H11NO.C7H11NS.2C6H9NO.C6H9NS.C5H8N2O/c1-6(2)7-3-8-5-9-4-7;1-5(2)7-4-8-9-6(7)3;1-6(2)7-4-3-5-8-9-7;1-5(2)7-6(3)9-4-8-7;1-5(2)7-6(3)8-4-9-7;1-5(2)7-4-9-8-6(7)3;1-5(2)7-6(3)4-8-9-7;1-5(2)7-6(3)8-4-9-7;1-5(2)6-3-7-4-8-6;1-5(2)6-3-4-7-8-6;1-5(2)6-3-4-8-7-6;1-4(2)5-3-6-8-7-5/h3-6H,1-2H3;4-5H,1-3H3,(H,8,9);3-6H,1-2H3;5*4-5H,1-3H3;3*3-5H,1-2H3;3-4H,1-2H3. The van der Waals surface area contributed by atoms with Crippen molar-refractivity contribution in [3.05, 3.63) is 218 Å². The van der Waals surface area contributed by atoms with Crippen LogP contribution in [0.15, 0.2) is 148 Å². The van der Waals surface area contributed by atoms with Gasteiger partial charge in [-0.3, -0.25) is 5.10 Å². The van der Waals surface area contributed by atoms with Crippen molar-refractivity contribution < 1.29 is 31.4 Å². The molecule has 1 N–H and O–H groups in total. The molecule has 0 saturated carbocycles. The summed E-state index contributed by atoms with van der Waals surface area (Å²) in [5.41, 5.74) is 15.4.